The fourth-order valence-corrected chi connectivity index (χ4v) is 1.40. The number of pyridine rings is 1. The number of rotatable bonds is 8. The quantitative estimate of drug-likeness (QED) is 0.690. The van der Waals surface area contributed by atoms with E-state index in [-0.39, 0.29) is 5.91 Å². The van der Waals surface area contributed by atoms with Gasteiger partial charge >= 0.3 is 0 Å². The van der Waals surface area contributed by atoms with Gasteiger partial charge in [-0.15, -0.1) is 0 Å². The highest BCUT2D eigenvalue weighted by Crippen LogP contribution is 2.05. The summed E-state index contributed by atoms with van der Waals surface area (Å²) in [5, 5.41) is 5.97. The number of hydrogen-bond donors (Lipinski definition) is 2. The summed E-state index contributed by atoms with van der Waals surface area (Å²) in [6, 6.07) is 3.56. The first-order chi connectivity index (χ1) is 8.77. The Bertz CT molecular complexity index is 352. The second-order valence-corrected chi connectivity index (χ2v) is 3.96. The van der Waals surface area contributed by atoms with E-state index in [1.54, 1.807) is 19.4 Å². The van der Waals surface area contributed by atoms with Gasteiger partial charge in [-0.25, -0.2) is 4.98 Å². The molecule has 100 valence electrons. The number of amides is 1. The number of aromatic nitrogens is 1. The van der Waals surface area contributed by atoms with Crippen molar-refractivity contribution in [2.75, 3.05) is 32.1 Å². The number of carbonyl (C=O) groups is 1. The van der Waals surface area contributed by atoms with Crippen molar-refractivity contribution in [3.05, 3.63) is 24.0 Å². The van der Waals surface area contributed by atoms with E-state index in [4.69, 9.17) is 4.74 Å². The predicted molar refractivity (Wildman–Crippen MR) is 71.8 cm³/mol. The van der Waals surface area contributed by atoms with Gasteiger partial charge in [-0.05, 0) is 18.6 Å². The standard InChI is InChI=1S/C13H21N3O2/c1-3-4-7-15-13(17)12-6-5-11(10-16-12)14-8-9-18-2/h5-6,10,14H,3-4,7-9H2,1-2H3,(H,15,17). The van der Waals surface area contributed by atoms with E-state index in [0.29, 0.717) is 18.8 Å². The van der Waals surface area contributed by atoms with Crippen LogP contribution in [0.15, 0.2) is 18.3 Å². The van der Waals surface area contributed by atoms with E-state index in [2.05, 4.69) is 22.5 Å². The van der Waals surface area contributed by atoms with Crippen LogP contribution in [0.3, 0.4) is 0 Å². The molecule has 1 rings (SSSR count). The smallest absolute Gasteiger partial charge is 0.269 e. The molecular weight excluding hydrogens is 230 g/mol. The van der Waals surface area contributed by atoms with Gasteiger partial charge in [0.25, 0.3) is 5.91 Å². The van der Waals surface area contributed by atoms with E-state index >= 15 is 0 Å². The molecule has 0 saturated carbocycles. The highest BCUT2D eigenvalue weighted by atomic mass is 16.5. The van der Waals surface area contributed by atoms with Gasteiger partial charge in [0, 0.05) is 20.2 Å². The number of nitrogens with zero attached hydrogens (tertiary/aromatic N) is 1. The fourth-order valence-electron chi connectivity index (χ4n) is 1.40. The number of hydrogen-bond acceptors (Lipinski definition) is 4. The third kappa shape index (κ3) is 5.14. The maximum absolute atomic E-state index is 11.7. The second-order valence-electron chi connectivity index (χ2n) is 3.96. The molecule has 5 heteroatoms. The average molecular weight is 251 g/mol. The van der Waals surface area contributed by atoms with Crippen molar-refractivity contribution in [1.29, 1.82) is 0 Å². The monoisotopic (exact) mass is 251 g/mol. The van der Waals surface area contributed by atoms with Crippen LogP contribution < -0.4 is 10.6 Å². The van der Waals surface area contributed by atoms with Crippen LogP contribution in [0.2, 0.25) is 0 Å². The molecule has 0 aliphatic rings. The van der Waals surface area contributed by atoms with Crippen LogP contribution in [-0.2, 0) is 4.74 Å². The largest absolute Gasteiger partial charge is 0.383 e. The van der Waals surface area contributed by atoms with Gasteiger partial charge in [0.2, 0.25) is 0 Å². The molecule has 0 bridgehead atoms. The molecule has 5 nitrogen and oxygen atoms in total. The Kier molecular flexibility index (Phi) is 6.79. The third-order valence-corrected chi connectivity index (χ3v) is 2.45. The van der Waals surface area contributed by atoms with Crippen molar-refractivity contribution in [2.24, 2.45) is 0 Å². The lowest BCUT2D eigenvalue weighted by molar-refractivity contribution is 0.0948. The molecule has 1 amide bonds. The molecule has 0 aromatic carbocycles. The lowest BCUT2D eigenvalue weighted by Gasteiger charge is -2.06. The zero-order valence-electron chi connectivity index (χ0n) is 11.0. The van der Waals surface area contributed by atoms with Crippen LogP contribution in [0.5, 0.6) is 0 Å². The van der Waals surface area contributed by atoms with E-state index < -0.39 is 0 Å². The lowest BCUT2D eigenvalue weighted by atomic mass is 10.3. The van der Waals surface area contributed by atoms with Crippen molar-refractivity contribution in [2.45, 2.75) is 19.8 Å². The van der Waals surface area contributed by atoms with E-state index in [1.165, 1.54) is 0 Å². The van der Waals surface area contributed by atoms with E-state index in [0.717, 1.165) is 25.1 Å². The van der Waals surface area contributed by atoms with Gasteiger partial charge in [-0.1, -0.05) is 13.3 Å². The molecule has 0 aliphatic heterocycles. The highest BCUT2D eigenvalue weighted by molar-refractivity contribution is 5.92. The highest BCUT2D eigenvalue weighted by Gasteiger charge is 2.05. The number of nitrogens with one attached hydrogen (secondary N) is 2. The Morgan fingerprint density at radius 3 is 2.83 bits per heavy atom. The summed E-state index contributed by atoms with van der Waals surface area (Å²) in [5.41, 5.74) is 1.33. The number of ether oxygens (including phenoxy) is 1. The maximum atomic E-state index is 11.7. The molecule has 18 heavy (non-hydrogen) atoms. The first-order valence-electron chi connectivity index (χ1n) is 6.25. The first-order valence-corrected chi connectivity index (χ1v) is 6.25. The van der Waals surface area contributed by atoms with E-state index in [9.17, 15) is 4.79 Å². The van der Waals surface area contributed by atoms with Gasteiger partial charge in [-0.3, -0.25) is 4.79 Å². The Morgan fingerprint density at radius 1 is 1.39 bits per heavy atom. The zero-order valence-corrected chi connectivity index (χ0v) is 11.0. The van der Waals surface area contributed by atoms with Crippen LogP contribution in [0.1, 0.15) is 30.3 Å². The SMILES string of the molecule is CCCCNC(=O)c1ccc(NCCOC)cn1. The third-order valence-electron chi connectivity index (χ3n) is 2.45. The molecule has 0 radical (unpaired) electrons. The minimum absolute atomic E-state index is 0.119. The minimum atomic E-state index is -0.119. The Hall–Kier alpha value is -1.62. The summed E-state index contributed by atoms with van der Waals surface area (Å²) in [4.78, 5) is 15.8. The fraction of sp³-hybridized carbons (Fsp3) is 0.538. The average Bonchev–Trinajstić information content (AvgIpc) is 2.40. The summed E-state index contributed by atoms with van der Waals surface area (Å²) in [5.74, 6) is -0.119. The Morgan fingerprint density at radius 2 is 2.22 bits per heavy atom. The van der Waals surface area contributed by atoms with Crippen LogP contribution in [0, 0.1) is 0 Å². The first kappa shape index (κ1) is 14.4. The molecule has 1 aromatic heterocycles. The maximum Gasteiger partial charge on any atom is 0.269 e. The normalized spacial score (nSPS) is 10.1. The summed E-state index contributed by atoms with van der Waals surface area (Å²) < 4.78 is 4.93. The summed E-state index contributed by atoms with van der Waals surface area (Å²) in [6.07, 6.45) is 3.71. The Balaban J connectivity index is 2.41. The molecular formula is C13H21N3O2. The molecule has 0 fully saturated rings. The van der Waals surface area contributed by atoms with Crippen molar-refractivity contribution >= 4 is 11.6 Å². The van der Waals surface area contributed by atoms with Gasteiger partial charge in [0.15, 0.2) is 0 Å². The van der Waals surface area contributed by atoms with Crippen LogP contribution in [0.25, 0.3) is 0 Å². The van der Waals surface area contributed by atoms with Crippen molar-refractivity contribution in [3.63, 3.8) is 0 Å². The van der Waals surface area contributed by atoms with Crippen molar-refractivity contribution in [3.8, 4) is 0 Å². The van der Waals surface area contributed by atoms with Gasteiger partial charge < -0.3 is 15.4 Å². The second kappa shape index (κ2) is 8.47. The van der Waals surface area contributed by atoms with Crippen LogP contribution in [0.4, 0.5) is 5.69 Å². The molecule has 0 aliphatic carbocycles. The number of unbranched alkanes of at least 4 members (excludes halogenated alkanes) is 1. The summed E-state index contributed by atoms with van der Waals surface area (Å²) in [7, 11) is 1.66. The number of methoxy groups -OCH3 is 1. The molecule has 2 N–H and O–H groups in total. The van der Waals surface area contributed by atoms with Crippen LogP contribution >= 0.6 is 0 Å². The minimum Gasteiger partial charge on any atom is -0.383 e. The number of carbonyl (C=O) groups excluding carboxylic acids is 1. The molecule has 1 heterocycles. The van der Waals surface area contributed by atoms with Gasteiger partial charge in [0.1, 0.15) is 5.69 Å². The zero-order chi connectivity index (χ0) is 13.2. The van der Waals surface area contributed by atoms with Gasteiger partial charge in [0.05, 0.1) is 18.5 Å². The molecule has 0 unspecified atom stereocenters. The molecule has 0 saturated heterocycles. The summed E-state index contributed by atoms with van der Waals surface area (Å²) in [6.45, 7) is 4.15. The number of anilines is 1. The van der Waals surface area contributed by atoms with Gasteiger partial charge in [-0.2, -0.15) is 0 Å². The Labute approximate surface area is 108 Å². The van der Waals surface area contributed by atoms with Crippen LogP contribution in [-0.4, -0.2) is 37.7 Å². The van der Waals surface area contributed by atoms with E-state index in [1.807, 2.05) is 6.07 Å². The predicted octanol–water partition coefficient (Wildman–Crippen LogP) is 1.67. The molecule has 0 spiro atoms. The van der Waals surface area contributed by atoms with Crippen molar-refractivity contribution < 1.29 is 9.53 Å². The molecule has 1 aromatic rings. The topological polar surface area (TPSA) is 63.2 Å². The molecule has 0 atom stereocenters. The summed E-state index contributed by atoms with van der Waals surface area (Å²) >= 11 is 0. The lowest BCUT2D eigenvalue weighted by Crippen LogP contribution is -2.25. The van der Waals surface area contributed by atoms with Crippen molar-refractivity contribution in [1.82, 2.24) is 10.3 Å².